The van der Waals surface area contributed by atoms with Gasteiger partial charge in [0.05, 0.1) is 17.7 Å². The molecule has 2 aromatic rings. The third-order valence-electron chi connectivity index (χ3n) is 3.61. The first-order valence-electron chi connectivity index (χ1n) is 7.01. The molecule has 3 nitrogen and oxygen atoms in total. The number of rotatable bonds is 5. The van der Waals surface area contributed by atoms with Gasteiger partial charge >= 0.3 is 0 Å². The topological polar surface area (TPSA) is 47.3 Å². The highest BCUT2D eigenvalue weighted by molar-refractivity contribution is 5.32. The first kappa shape index (κ1) is 15.2. The molecule has 0 aliphatic carbocycles. The summed E-state index contributed by atoms with van der Waals surface area (Å²) >= 11 is 0. The maximum Gasteiger partial charge on any atom is 0.0991 e. The number of hydrogen-bond acceptors (Lipinski definition) is 3. The monoisotopic (exact) mass is 280 g/mol. The number of aliphatic hydroxyl groups excluding tert-OH is 1. The van der Waals surface area contributed by atoms with E-state index in [9.17, 15) is 5.11 Å². The van der Waals surface area contributed by atoms with Gasteiger partial charge < -0.3 is 5.11 Å². The number of hydrogen-bond donors (Lipinski definition) is 1. The molecule has 2 rings (SSSR count). The Balaban J connectivity index is 1.97. The van der Waals surface area contributed by atoms with Crippen LogP contribution in [0.1, 0.15) is 28.4 Å². The molecule has 0 saturated heterocycles. The smallest absolute Gasteiger partial charge is 0.0991 e. The van der Waals surface area contributed by atoms with E-state index in [-0.39, 0.29) is 0 Å². The molecule has 0 aliphatic rings. The van der Waals surface area contributed by atoms with Crippen molar-refractivity contribution in [3.05, 3.63) is 70.8 Å². The molecule has 0 bridgehead atoms. The normalized spacial score (nSPS) is 12.1. The van der Waals surface area contributed by atoms with Gasteiger partial charge in [0, 0.05) is 13.1 Å². The minimum Gasteiger partial charge on any atom is -0.387 e. The van der Waals surface area contributed by atoms with Gasteiger partial charge in [-0.3, -0.25) is 4.90 Å². The Bertz CT molecular complexity index is 628. The number of likely N-dealkylation sites (N-methyl/N-ethyl adjacent to an activating group) is 1. The van der Waals surface area contributed by atoms with Gasteiger partial charge in [0.2, 0.25) is 0 Å². The largest absolute Gasteiger partial charge is 0.387 e. The second-order valence-electron chi connectivity index (χ2n) is 5.37. The van der Waals surface area contributed by atoms with Crippen LogP contribution < -0.4 is 0 Å². The van der Waals surface area contributed by atoms with Crippen LogP contribution in [0.4, 0.5) is 0 Å². The average molecular weight is 280 g/mol. The highest BCUT2D eigenvalue weighted by Crippen LogP contribution is 2.16. The van der Waals surface area contributed by atoms with Crippen molar-refractivity contribution in [3.63, 3.8) is 0 Å². The molecule has 0 fully saturated rings. The highest BCUT2D eigenvalue weighted by Gasteiger charge is 2.11. The zero-order valence-electron chi connectivity index (χ0n) is 12.5. The van der Waals surface area contributed by atoms with Gasteiger partial charge in [-0.15, -0.1) is 0 Å². The van der Waals surface area contributed by atoms with Crippen LogP contribution in [0.3, 0.4) is 0 Å². The molecule has 0 aromatic heterocycles. The number of benzene rings is 2. The Morgan fingerprint density at radius 2 is 1.81 bits per heavy atom. The molecule has 0 radical (unpaired) electrons. The zero-order valence-corrected chi connectivity index (χ0v) is 12.5. The van der Waals surface area contributed by atoms with E-state index in [4.69, 9.17) is 5.26 Å². The number of aliphatic hydroxyl groups is 1. The average Bonchev–Trinajstić information content (AvgIpc) is 2.49. The lowest BCUT2D eigenvalue weighted by atomic mass is 10.1. The van der Waals surface area contributed by atoms with Gasteiger partial charge in [-0.1, -0.05) is 36.4 Å². The predicted octanol–water partition coefficient (Wildman–Crippen LogP) is 3.03. The molecule has 1 N–H and O–H groups in total. The molecule has 0 spiro atoms. The Morgan fingerprint density at radius 3 is 2.43 bits per heavy atom. The van der Waals surface area contributed by atoms with Crippen LogP contribution in [0.15, 0.2) is 48.5 Å². The van der Waals surface area contributed by atoms with E-state index in [1.165, 1.54) is 11.1 Å². The van der Waals surface area contributed by atoms with Crippen molar-refractivity contribution in [2.24, 2.45) is 0 Å². The van der Waals surface area contributed by atoms with E-state index in [1.807, 2.05) is 31.3 Å². The van der Waals surface area contributed by atoms with E-state index in [0.717, 1.165) is 12.1 Å². The van der Waals surface area contributed by atoms with Crippen LogP contribution in [0, 0.1) is 18.3 Å². The van der Waals surface area contributed by atoms with E-state index in [1.54, 1.807) is 12.1 Å². The van der Waals surface area contributed by atoms with Crippen molar-refractivity contribution >= 4 is 0 Å². The van der Waals surface area contributed by atoms with Crippen LogP contribution >= 0.6 is 0 Å². The van der Waals surface area contributed by atoms with Gasteiger partial charge in [-0.05, 0) is 42.8 Å². The molecule has 0 heterocycles. The first-order valence-corrected chi connectivity index (χ1v) is 7.01. The third kappa shape index (κ3) is 4.16. The second kappa shape index (κ2) is 7.03. The molecule has 108 valence electrons. The molecular formula is C18H20N2O. The lowest BCUT2D eigenvalue weighted by Gasteiger charge is -2.21. The standard InChI is InChI=1S/C18H20N2O/c1-14-5-3-4-6-17(14)12-20(2)13-18(21)16-9-7-15(11-19)8-10-16/h3-10,18,21H,12-13H2,1-2H3. The SMILES string of the molecule is Cc1ccccc1CN(C)CC(O)c1ccc(C#N)cc1. The summed E-state index contributed by atoms with van der Waals surface area (Å²) in [6.07, 6.45) is -0.549. The van der Waals surface area contributed by atoms with Crippen LogP contribution in [0.5, 0.6) is 0 Å². The van der Waals surface area contributed by atoms with Crippen molar-refractivity contribution in [1.82, 2.24) is 4.90 Å². The van der Waals surface area contributed by atoms with Crippen molar-refractivity contribution in [2.45, 2.75) is 19.6 Å². The van der Waals surface area contributed by atoms with Crippen LogP contribution in [0.25, 0.3) is 0 Å². The Morgan fingerprint density at radius 1 is 1.14 bits per heavy atom. The Kier molecular flexibility index (Phi) is 5.10. The van der Waals surface area contributed by atoms with Gasteiger partial charge in [0.15, 0.2) is 0 Å². The molecule has 2 aromatic carbocycles. The second-order valence-corrected chi connectivity index (χ2v) is 5.37. The molecule has 0 amide bonds. The number of aryl methyl sites for hydroxylation is 1. The molecule has 3 heteroatoms. The van der Waals surface area contributed by atoms with Crippen LogP contribution in [-0.2, 0) is 6.54 Å². The molecule has 1 atom stereocenters. The number of nitrogens with zero attached hydrogens (tertiary/aromatic N) is 2. The Hall–Kier alpha value is -2.15. The molecule has 1 unspecified atom stereocenters. The van der Waals surface area contributed by atoms with Gasteiger partial charge in [-0.25, -0.2) is 0 Å². The summed E-state index contributed by atoms with van der Waals surface area (Å²) in [4.78, 5) is 2.10. The van der Waals surface area contributed by atoms with Crippen molar-refractivity contribution < 1.29 is 5.11 Å². The molecule has 21 heavy (non-hydrogen) atoms. The maximum absolute atomic E-state index is 10.3. The predicted molar refractivity (Wildman–Crippen MR) is 83.6 cm³/mol. The minimum atomic E-state index is -0.549. The summed E-state index contributed by atoms with van der Waals surface area (Å²) in [6, 6.07) is 17.4. The summed E-state index contributed by atoms with van der Waals surface area (Å²) in [5.41, 5.74) is 3.98. The van der Waals surface area contributed by atoms with E-state index in [2.05, 4.69) is 30.0 Å². The summed E-state index contributed by atoms with van der Waals surface area (Å²) in [7, 11) is 2.00. The van der Waals surface area contributed by atoms with Gasteiger partial charge in [0.1, 0.15) is 0 Å². The Labute approximate surface area is 126 Å². The van der Waals surface area contributed by atoms with Crippen LogP contribution in [0.2, 0.25) is 0 Å². The quantitative estimate of drug-likeness (QED) is 0.915. The maximum atomic E-state index is 10.3. The fraction of sp³-hybridized carbons (Fsp3) is 0.278. The minimum absolute atomic E-state index is 0.549. The van der Waals surface area contributed by atoms with Crippen molar-refractivity contribution in [1.29, 1.82) is 5.26 Å². The fourth-order valence-electron chi connectivity index (χ4n) is 2.32. The molecule has 0 aliphatic heterocycles. The van der Waals surface area contributed by atoms with E-state index < -0.39 is 6.10 Å². The van der Waals surface area contributed by atoms with Crippen LogP contribution in [-0.4, -0.2) is 23.6 Å². The lowest BCUT2D eigenvalue weighted by molar-refractivity contribution is 0.123. The lowest BCUT2D eigenvalue weighted by Crippen LogP contribution is -2.24. The fourth-order valence-corrected chi connectivity index (χ4v) is 2.32. The molecule has 0 saturated carbocycles. The van der Waals surface area contributed by atoms with Crippen molar-refractivity contribution in [2.75, 3.05) is 13.6 Å². The summed E-state index contributed by atoms with van der Waals surface area (Å²) < 4.78 is 0. The van der Waals surface area contributed by atoms with Gasteiger partial charge in [-0.2, -0.15) is 5.26 Å². The van der Waals surface area contributed by atoms with Crippen molar-refractivity contribution in [3.8, 4) is 6.07 Å². The first-order chi connectivity index (χ1) is 10.1. The van der Waals surface area contributed by atoms with E-state index >= 15 is 0 Å². The zero-order chi connectivity index (χ0) is 15.2. The van der Waals surface area contributed by atoms with Gasteiger partial charge in [0.25, 0.3) is 0 Å². The third-order valence-corrected chi connectivity index (χ3v) is 3.61. The summed E-state index contributed by atoms with van der Waals surface area (Å²) in [6.45, 7) is 3.46. The van der Waals surface area contributed by atoms with E-state index in [0.29, 0.717) is 12.1 Å². The summed E-state index contributed by atoms with van der Waals surface area (Å²) in [5.74, 6) is 0. The highest BCUT2D eigenvalue weighted by atomic mass is 16.3. The number of nitriles is 1. The molecular weight excluding hydrogens is 260 g/mol. The summed E-state index contributed by atoms with van der Waals surface area (Å²) in [5, 5.41) is 19.1.